The van der Waals surface area contributed by atoms with E-state index in [0.29, 0.717) is 11.6 Å². The fourth-order valence-electron chi connectivity index (χ4n) is 2.62. The van der Waals surface area contributed by atoms with Gasteiger partial charge in [-0.3, -0.25) is 4.68 Å². The van der Waals surface area contributed by atoms with E-state index in [1.165, 1.54) is 0 Å². The number of piperidine rings is 1. The van der Waals surface area contributed by atoms with Crippen molar-refractivity contribution in [1.29, 1.82) is 0 Å². The van der Waals surface area contributed by atoms with Crippen molar-refractivity contribution in [3.63, 3.8) is 0 Å². The smallest absolute Gasteiger partial charge is 0.225 e. The van der Waals surface area contributed by atoms with Crippen molar-refractivity contribution < 1.29 is 5.11 Å². The zero-order valence-electron chi connectivity index (χ0n) is 11.3. The molecule has 1 fully saturated rings. The number of aliphatic hydroxyl groups excluding tert-OH is 1. The molecule has 106 valence electrons. The third-order valence-corrected chi connectivity index (χ3v) is 3.55. The molecule has 1 atom stereocenters. The van der Waals surface area contributed by atoms with Crippen molar-refractivity contribution in [2.45, 2.75) is 26.0 Å². The number of aromatic nitrogens is 5. The van der Waals surface area contributed by atoms with Gasteiger partial charge >= 0.3 is 0 Å². The molecule has 3 rings (SSSR count). The van der Waals surface area contributed by atoms with Crippen LogP contribution in [-0.4, -0.2) is 43.2 Å². The van der Waals surface area contributed by atoms with Gasteiger partial charge in [0, 0.05) is 32.0 Å². The molecule has 7 heteroatoms. The highest BCUT2D eigenvalue weighted by Gasteiger charge is 2.22. The van der Waals surface area contributed by atoms with Crippen LogP contribution in [0.25, 0.3) is 0 Å². The van der Waals surface area contributed by atoms with Crippen LogP contribution in [0.3, 0.4) is 0 Å². The standard InChI is InChI=1S/C13H18N6O/c20-10-12-9-19(17-16-12)8-11-3-1-6-18(7-11)13-14-4-2-5-15-13/h2,4-5,9,11,20H,1,3,6-8,10H2/t11-/m0/s1. The van der Waals surface area contributed by atoms with Gasteiger partial charge in [-0.15, -0.1) is 5.10 Å². The lowest BCUT2D eigenvalue weighted by Crippen LogP contribution is -2.38. The van der Waals surface area contributed by atoms with Crippen molar-refractivity contribution in [1.82, 2.24) is 25.0 Å². The first-order valence-electron chi connectivity index (χ1n) is 6.87. The Morgan fingerprint density at radius 3 is 2.90 bits per heavy atom. The number of anilines is 1. The van der Waals surface area contributed by atoms with Crippen LogP contribution in [0, 0.1) is 5.92 Å². The SMILES string of the molecule is OCc1cn(C[C@H]2CCCN(c3ncccn3)C2)nn1. The molecule has 20 heavy (non-hydrogen) atoms. The van der Waals surface area contributed by atoms with E-state index in [4.69, 9.17) is 5.11 Å². The van der Waals surface area contributed by atoms with Crippen LogP contribution in [-0.2, 0) is 13.2 Å². The fourth-order valence-corrected chi connectivity index (χ4v) is 2.62. The molecule has 0 aliphatic carbocycles. The first-order chi connectivity index (χ1) is 9.85. The van der Waals surface area contributed by atoms with Crippen molar-refractivity contribution in [3.05, 3.63) is 30.4 Å². The van der Waals surface area contributed by atoms with E-state index in [-0.39, 0.29) is 6.61 Å². The Balaban J connectivity index is 1.63. The molecule has 0 bridgehead atoms. The second-order valence-electron chi connectivity index (χ2n) is 5.09. The van der Waals surface area contributed by atoms with E-state index in [9.17, 15) is 0 Å². The van der Waals surface area contributed by atoms with Crippen LogP contribution in [0.4, 0.5) is 5.95 Å². The number of hydrogen-bond donors (Lipinski definition) is 1. The highest BCUT2D eigenvalue weighted by Crippen LogP contribution is 2.21. The van der Waals surface area contributed by atoms with Crippen LogP contribution in [0.2, 0.25) is 0 Å². The van der Waals surface area contributed by atoms with Gasteiger partial charge in [0.15, 0.2) is 0 Å². The average molecular weight is 274 g/mol. The van der Waals surface area contributed by atoms with Gasteiger partial charge in [-0.1, -0.05) is 5.21 Å². The summed E-state index contributed by atoms with van der Waals surface area (Å²) in [5.41, 5.74) is 0.615. The maximum atomic E-state index is 9.01. The molecule has 0 radical (unpaired) electrons. The minimum atomic E-state index is -0.0609. The summed E-state index contributed by atoms with van der Waals surface area (Å²) in [7, 11) is 0. The molecule has 0 amide bonds. The predicted molar refractivity (Wildman–Crippen MR) is 72.9 cm³/mol. The van der Waals surface area contributed by atoms with Crippen molar-refractivity contribution in [2.75, 3.05) is 18.0 Å². The molecular formula is C13H18N6O. The Kier molecular flexibility index (Phi) is 3.87. The second-order valence-corrected chi connectivity index (χ2v) is 5.09. The van der Waals surface area contributed by atoms with Crippen molar-refractivity contribution in [2.24, 2.45) is 5.92 Å². The van der Waals surface area contributed by atoms with Crippen LogP contribution in [0.1, 0.15) is 18.5 Å². The first-order valence-corrected chi connectivity index (χ1v) is 6.87. The molecule has 1 aliphatic heterocycles. The van der Waals surface area contributed by atoms with Crippen LogP contribution in [0.15, 0.2) is 24.7 Å². The van der Waals surface area contributed by atoms with E-state index in [0.717, 1.165) is 38.4 Å². The Morgan fingerprint density at radius 2 is 2.15 bits per heavy atom. The van der Waals surface area contributed by atoms with Gasteiger partial charge in [-0.25, -0.2) is 9.97 Å². The first kappa shape index (κ1) is 13.0. The number of hydrogen-bond acceptors (Lipinski definition) is 6. The van der Waals surface area contributed by atoms with E-state index >= 15 is 0 Å². The molecule has 1 N–H and O–H groups in total. The van der Waals surface area contributed by atoms with Gasteiger partial charge in [-0.05, 0) is 24.8 Å². The summed E-state index contributed by atoms with van der Waals surface area (Å²) in [5.74, 6) is 1.30. The summed E-state index contributed by atoms with van der Waals surface area (Å²) in [6, 6.07) is 1.83. The number of rotatable bonds is 4. The monoisotopic (exact) mass is 274 g/mol. The Bertz CT molecular complexity index is 543. The third kappa shape index (κ3) is 2.93. The zero-order valence-corrected chi connectivity index (χ0v) is 11.3. The van der Waals surface area contributed by atoms with Gasteiger partial charge < -0.3 is 10.0 Å². The lowest BCUT2D eigenvalue weighted by atomic mass is 9.98. The van der Waals surface area contributed by atoms with Gasteiger partial charge in [0.05, 0.1) is 12.8 Å². The summed E-state index contributed by atoms with van der Waals surface area (Å²) >= 11 is 0. The van der Waals surface area contributed by atoms with E-state index in [2.05, 4.69) is 25.2 Å². The van der Waals surface area contributed by atoms with Gasteiger partial charge in [-0.2, -0.15) is 0 Å². The van der Waals surface area contributed by atoms with Gasteiger partial charge in [0.1, 0.15) is 5.69 Å². The average Bonchev–Trinajstić information content (AvgIpc) is 2.96. The molecule has 7 nitrogen and oxygen atoms in total. The Hall–Kier alpha value is -2.02. The molecule has 0 spiro atoms. The minimum Gasteiger partial charge on any atom is -0.390 e. The molecule has 0 saturated carbocycles. The summed E-state index contributed by atoms with van der Waals surface area (Å²) in [4.78, 5) is 10.8. The summed E-state index contributed by atoms with van der Waals surface area (Å²) in [5, 5.41) is 16.9. The molecular weight excluding hydrogens is 256 g/mol. The van der Waals surface area contributed by atoms with Gasteiger partial charge in [0.2, 0.25) is 5.95 Å². The van der Waals surface area contributed by atoms with Crippen molar-refractivity contribution >= 4 is 5.95 Å². The normalized spacial score (nSPS) is 19.2. The van der Waals surface area contributed by atoms with Crippen LogP contribution < -0.4 is 4.90 Å². The largest absolute Gasteiger partial charge is 0.390 e. The van der Waals surface area contributed by atoms with Crippen LogP contribution in [0.5, 0.6) is 0 Å². The Labute approximate surface area is 117 Å². The van der Waals surface area contributed by atoms with E-state index in [1.807, 2.05) is 10.7 Å². The minimum absolute atomic E-state index is 0.0609. The molecule has 1 aliphatic rings. The quantitative estimate of drug-likeness (QED) is 0.873. The highest BCUT2D eigenvalue weighted by molar-refractivity contribution is 5.29. The maximum absolute atomic E-state index is 9.01. The molecule has 0 unspecified atom stereocenters. The Morgan fingerprint density at radius 1 is 1.30 bits per heavy atom. The lowest BCUT2D eigenvalue weighted by molar-refractivity contribution is 0.276. The molecule has 2 aromatic rings. The predicted octanol–water partition coefficient (Wildman–Crippen LogP) is 0.477. The summed E-state index contributed by atoms with van der Waals surface area (Å²) in [6.45, 7) is 2.68. The number of aliphatic hydroxyl groups is 1. The summed E-state index contributed by atoms with van der Waals surface area (Å²) < 4.78 is 1.81. The molecule has 0 aromatic carbocycles. The second kappa shape index (κ2) is 5.96. The van der Waals surface area contributed by atoms with E-state index < -0.39 is 0 Å². The van der Waals surface area contributed by atoms with Crippen LogP contribution >= 0.6 is 0 Å². The van der Waals surface area contributed by atoms with E-state index in [1.54, 1.807) is 18.6 Å². The lowest BCUT2D eigenvalue weighted by Gasteiger charge is -2.32. The fraction of sp³-hybridized carbons (Fsp3) is 0.538. The molecule has 2 aromatic heterocycles. The topological polar surface area (TPSA) is 80.0 Å². The zero-order chi connectivity index (χ0) is 13.8. The third-order valence-electron chi connectivity index (χ3n) is 3.55. The maximum Gasteiger partial charge on any atom is 0.225 e. The van der Waals surface area contributed by atoms with Gasteiger partial charge in [0.25, 0.3) is 0 Å². The molecule has 3 heterocycles. The summed E-state index contributed by atoms with van der Waals surface area (Å²) in [6.07, 6.45) is 7.65. The van der Waals surface area contributed by atoms with Crippen molar-refractivity contribution in [3.8, 4) is 0 Å². The number of nitrogens with zero attached hydrogens (tertiary/aromatic N) is 6. The highest BCUT2D eigenvalue weighted by atomic mass is 16.3. The molecule has 1 saturated heterocycles.